The maximum Gasteiger partial charge on any atom is 0.0443 e. The highest BCUT2D eigenvalue weighted by Crippen LogP contribution is 2.40. The van der Waals surface area contributed by atoms with Crippen molar-refractivity contribution in [2.24, 2.45) is 0 Å². The standard InChI is InChI=1S/C18H29NS/c1-6-10-19-17-15-11-14(18(3,4)5)9-8-13(15)12-20-16(17)7-2/h8-9,11,16-17,19H,6-7,10,12H2,1-5H3. The van der Waals surface area contributed by atoms with Crippen LogP contribution in [0.5, 0.6) is 0 Å². The zero-order valence-corrected chi connectivity index (χ0v) is 14.4. The summed E-state index contributed by atoms with van der Waals surface area (Å²) in [4.78, 5) is 0. The Labute approximate surface area is 128 Å². The first-order valence-electron chi connectivity index (χ1n) is 7.95. The smallest absolute Gasteiger partial charge is 0.0443 e. The van der Waals surface area contributed by atoms with E-state index in [2.05, 4.69) is 69.9 Å². The third-order valence-electron chi connectivity index (χ3n) is 4.19. The molecular weight excluding hydrogens is 262 g/mol. The lowest BCUT2D eigenvalue weighted by molar-refractivity contribution is 0.495. The summed E-state index contributed by atoms with van der Waals surface area (Å²) in [5, 5.41) is 4.50. The van der Waals surface area contributed by atoms with Gasteiger partial charge in [0.1, 0.15) is 0 Å². The van der Waals surface area contributed by atoms with Gasteiger partial charge in [-0.05, 0) is 41.5 Å². The maximum atomic E-state index is 3.79. The number of rotatable bonds is 4. The quantitative estimate of drug-likeness (QED) is 0.833. The summed E-state index contributed by atoms with van der Waals surface area (Å²) in [6, 6.07) is 7.67. The van der Waals surface area contributed by atoms with Gasteiger partial charge in [-0.3, -0.25) is 0 Å². The van der Waals surface area contributed by atoms with Crippen molar-refractivity contribution in [3.8, 4) is 0 Å². The van der Waals surface area contributed by atoms with Crippen LogP contribution in [-0.2, 0) is 11.2 Å². The first-order valence-corrected chi connectivity index (χ1v) is 9.00. The number of benzene rings is 1. The lowest BCUT2D eigenvalue weighted by Crippen LogP contribution is -2.34. The van der Waals surface area contributed by atoms with Crippen LogP contribution < -0.4 is 5.32 Å². The molecule has 0 saturated carbocycles. The van der Waals surface area contributed by atoms with E-state index in [9.17, 15) is 0 Å². The van der Waals surface area contributed by atoms with Crippen molar-refractivity contribution in [2.45, 2.75) is 69.9 Å². The fraction of sp³-hybridized carbons (Fsp3) is 0.667. The van der Waals surface area contributed by atoms with Crippen LogP contribution in [0, 0.1) is 0 Å². The zero-order chi connectivity index (χ0) is 14.8. The molecule has 1 aliphatic heterocycles. The first-order chi connectivity index (χ1) is 9.47. The van der Waals surface area contributed by atoms with Gasteiger partial charge in [-0.2, -0.15) is 11.8 Å². The molecule has 0 amide bonds. The molecule has 2 unspecified atom stereocenters. The van der Waals surface area contributed by atoms with E-state index in [0.29, 0.717) is 11.3 Å². The molecule has 0 bridgehead atoms. The van der Waals surface area contributed by atoms with E-state index >= 15 is 0 Å². The van der Waals surface area contributed by atoms with E-state index in [-0.39, 0.29) is 5.41 Å². The van der Waals surface area contributed by atoms with Crippen molar-refractivity contribution in [1.82, 2.24) is 5.32 Å². The van der Waals surface area contributed by atoms with Crippen LogP contribution in [0.4, 0.5) is 0 Å². The highest BCUT2D eigenvalue weighted by atomic mass is 32.2. The van der Waals surface area contributed by atoms with Gasteiger partial charge in [0.05, 0.1) is 0 Å². The topological polar surface area (TPSA) is 12.0 Å². The van der Waals surface area contributed by atoms with Crippen LogP contribution >= 0.6 is 11.8 Å². The van der Waals surface area contributed by atoms with Crippen molar-refractivity contribution in [2.75, 3.05) is 6.54 Å². The lowest BCUT2D eigenvalue weighted by atomic mass is 9.83. The minimum absolute atomic E-state index is 0.233. The third-order valence-corrected chi connectivity index (χ3v) is 5.70. The fourth-order valence-electron chi connectivity index (χ4n) is 2.87. The molecule has 0 aliphatic carbocycles. The van der Waals surface area contributed by atoms with Gasteiger partial charge < -0.3 is 5.32 Å². The predicted molar refractivity (Wildman–Crippen MR) is 91.6 cm³/mol. The largest absolute Gasteiger partial charge is 0.309 e. The molecule has 1 aromatic carbocycles. The van der Waals surface area contributed by atoms with E-state index < -0.39 is 0 Å². The molecule has 2 rings (SSSR count). The minimum Gasteiger partial charge on any atom is -0.309 e. The molecule has 2 heteroatoms. The summed E-state index contributed by atoms with van der Waals surface area (Å²) in [6.45, 7) is 12.6. The molecule has 2 atom stereocenters. The molecule has 1 aliphatic rings. The van der Waals surface area contributed by atoms with Crippen molar-refractivity contribution in [1.29, 1.82) is 0 Å². The second-order valence-corrected chi connectivity index (χ2v) is 8.08. The number of hydrogen-bond donors (Lipinski definition) is 1. The Balaban J connectivity index is 2.36. The maximum absolute atomic E-state index is 3.79. The summed E-state index contributed by atoms with van der Waals surface area (Å²) in [6.07, 6.45) is 2.44. The van der Waals surface area contributed by atoms with Crippen LogP contribution in [0.1, 0.15) is 70.2 Å². The highest BCUT2D eigenvalue weighted by molar-refractivity contribution is 7.99. The molecule has 0 aromatic heterocycles. The summed E-state index contributed by atoms with van der Waals surface area (Å²) < 4.78 is 0. The second kappa shape index (κ2) is 6.53. The Hall–Kier alpha value is -0.470. The normalized spacial score (nSPS) is 22.6. The van der Waals surface area contributed by atoms with Gasteiger partial charge in [-0.25, -0.2) is 0 Å². The molecule has 20 heavy (non-hydrogen) atoms. The lowest BCUT2D eigenvalue weighted by Gasteiger charge is -2.35. The molecule has 112 valence electrons. The van der Waals surface area contributed by atoms with Gasteiger partial charge in [0.15, 0.2) is 0 Å². The van der Waals surface area contributed by atoms with E-state index in [1.54, 1.807) is 5.56 Å². The van der Waals surface area contributed by atoms with Crippen molar-refractivity contribution in [3.05, 3.63) is 34.9 Å². The van der Waals surface area contributed by atoms with E-state index in [4.69, 9.17) is 0 Å². The van der Waals surface area contributed by atoms with Crippen molar-refractivity contribution in [3.63, 3.8) is 0 Å². The van der Waals surface area contributed by atoms with E-state index in [1.807, 2.05) is 0 Å². The first kappa shape index (κ1) is 15.9. The van der Waals surface area contributed by atoms with Gasteiger partial charge in [0.25, 0.3) is 0 Å². The van der Waals surface area contributed by atoms with Crippen LogP contribution in [-0.4, -0.2) is 11.8 Å². The molecule has 0 radical (unpaired) electrons. The average molecular weight is 292 g/mol. The fourth-order valence-corrected chi connectivity index (χ4v) is 4.20. The molecule has 1 N–H and O–H groups in total. The second-order valence-electron chi connectivity index (χ2n) is 6.85. The number of thioether (sulfide) groups is 1. The van der Waals surface area contributed by atoms with Crippen LogP contribution in [0.25, 0.3) is 0 Å². The Bertz CT molecular complexity index is 447. The highest BCUT2D eigenvalue weighted by Gasteiger charge is 2.29. The van der Waals surface area contributed by atoms with Gasteiger partial charge in [-0.1, -0.05) is 52.8 Å². The van der Waals surface area contributed by atoms with Crippen LogP contribution in [0.15, 0.2) is 18.2 Å². The Morgan fingerprint density at radius 3 is 2.60 bits per heavy atom. The molecule has 1 aromatic rings. The van der Waals surface area contributed by atoms with E-state index in [0.717, 1.165) is 6.54 Å². The molecule has 0 saturated heterocycles. The van der Waals surface area contributed by atoms with Crippen LogP contribution in [0.3, 0.4) is 0 Å². The number of fused-ring (bicyclic) bond motifs is 1. The Kier molecular flexibility index (Phi) is 5.19. The van der Waals surface area contributed by atoms with Crippen LogP contribution in [0.2, 0.25) is 0 Å². The molecule has 1 heterocycles. The van der Waals surface area contributed by atoms with Crippen molar-refractivity contribution < 1.29 is 0 Å². The summed E-state index contributed by atoms with van der Waals surface area (Å²) in [7, 11) is 0. The molecule has 0 spiro atoms. The minimum atomic E-state index is 0.233. The summed E-state index contributed by atoms with van der Waals surface area (Å²) in [5.74, 6) is 1.17. The zero-order valence-electron chi connectivity index (χ0n) is 13.6. The SMILES string of the molecule is CCCNC1c2cc(C(C)(C)C)ccc2CSC1CC. The summed E-state index contributed by atoms with van der Waals surface area (Å²) >= 11 is 2.12. The van der Waals surface area contributed by atoms with E-state index in [1.165, 1.54) is 29.7 Å². The third kappa shape index (κ3) is 3.40. The van der Waals surface area contributed by atoms with Gasteiger partial charge in [0, 0.05) is 17.0 Å². The molecule has 1 nitrogen and oxygen atoms in total. The Morgan fingerprint density at radius 1 is 1.25 bits per heavy atom. The molecular formula is C18H29NS. The average Bonchev–Trinajstić information content (AvgIpc) is 2.42. The summed E-state index contributed by atoms with van der Waals surface area (Å²) in [5.41, 5.74) is 4.77. The monoisotopic (exact) mass is 291 g/mol. The van der Waals surface area contributed by atoms with Gasteiger partial charge >= 0.3 is 0 Å². The number of hydrogen-bond acceptors (Lipinski definition) is 2. The van der Waals surface area contributed by atoms with Gasteiger partial charge in [-0.15, -0.1) is 0 Å². The predicted octanol–water partition coefficient (Wildman–Crippen LogP) is 5.05. The number of nitrogens with one attached hydrogen (secondary N) is 1. The molecule has 0 fully saturated rings. The van der Waals surface area contributed by atoms with Gasteiger partial charge in [0.2, 0.25) is 0 Å². The Morgan fingerprint density at radius 2 is 2.00 bits per heavy atom. The van der Waals surface area contributed by atoms with Crippen molar-refractivity contribution >= 4 is 11.8 Å².